The molecular formula is C17H17BrF3N3O3. The van der Waals surface area contributed by atoms with Crippen molar-refractivity contribution in [2.24, 2.45) is 5.41 Å². The number of benzene rings is 1. The summed E-state index contributed by atoms with van der Waals surface area (Å²) in [4.78, 5) is 35.9. The van der Waals surface area contributed by atoms with Gasteiger partial charge in [-0.05, 0) is 36.6 Å². The second-order valence-corrected chi connectivity index (χ2v) is 7.77. The van der Waals surface area contributed by atoms with Gasteiger partial charge in [0.05, 0.1) is 0 Å². The number of alkyl halides is 3. The van der Waals surface area contributed by atoms with Gasteiger partial charge in [-0.15, -0.1) is 0 Å². The highest BCUT2D eigenvalue weighted by molar-refractivity contribution is 9.10. The van der Waals surface area contributed by atoms with Crippen molar-refractivity contribution in [2.45, 2.75) is 37.9 Å². The van der Waals surface area contributed by atoms with Gasteiger partial charge in [0.15, 0.2) is 0 Å². The maximum Gasteiger partial charge on any atom is 0.397 e. The van der Waals surface area contributed by atoms with Crippen LogP contribution in [0.15, 0.2) is 22.7 Å². The number of aryl methyl sites for hydroxylation is 1. The predicted molar refractivity (Wildman–Crippen MR) is 93.8 cm³/mol. The van der Waals surface area contributed by atoms with E-state index in [1.165, 1.54) is 0 Å². The molecule has 3 amide bonds. The Morgan fingerprint density at radius 1 is 1.33 bits per heavy atom. The van der Waals surface area contributed by atoms with Crippen LogP contribution in [0.4, 0.5) is 18.9 Å². The summed E-state index contributed by atoms with van der Waals surface area (Å²) in [6.07, 6.45) is -5.67. The van der Waals surface area contributed by atoms with Crippen molar-refractivity contribution >= 4 is 39.3 Å². The van der Waals surface area contributed by atoms with Crippen molar-refractivity contribution in [3.63, 3.8) is 0 Å². The van der Waals surface area contributed by atoms with E-state index in [4.69, 9.17) is 0 Å². The third kappa shape index (κ3) is 4.10. The maximum atomic E-state index is 13.4. The maximum absolute atomic E-state index is 13.4. The highest BCUT2D eigenvalue weighted by Crippen LogP contribution is 2.46. The van der Waals surface area contributed by atoms with E-state index in [0.29, 0.717) is 12.1 Å². The standard InChI is InChI=1S/C17H17BrF3N3O3/c18-10-2-4-11-9(5-10)1-3-12(15(27)24-11)23-14(26)7-16(17(19,20)21)6-13(25)22-8-16/h2,4-5,12H,1,3,6-8H2,(H,22,25)(H,23,26)(H,24,27). The van der Waals surface area contributed by atoms with Crippen LogP contribution in [0.25, 0.3) is 0 Å². The van der Waals surface area contributed by atoms with Gasteiger partial charge in [0, 0.05) is 29.5 Å². The van der Waals surface area contributed by atoms with Crippen LogP contribution in [0.2, 0.25) is 0 Å². The normalized spacial score (nSPS) is 25.3. The summed E-state index contributed by atoms with van der Waals surface area (Å²) >= 11 is 3.34. The number of amides is 3. The number of fused-ring (bicyclic) bond motifs is 1. The first kappa shape index (κ1) is 19.7. The molecule has 0 bridgehead atoms. The van der Waals surface area contributed by atoms with Crippen molar-refractivity contribution in [3.05, 3.63) is 28.2 Å². The fraction of sp³-hybridized carbons (Fsp3) is 0.471. The molecule has 0 radical (unpaired) electrons. The Labute approximate surface area is 161 Å². The van der Waals surface area contributed by atoms with E-state index in [-0.39, 0.29) is 6.42 Å². The molecule has 1 aromatic rings. The number of nitrogens with one attached hydrogen (secondary N) is 3. The third-order valence-electron chi connectivity index (χ3n) is 4.90. The van der Waals surface area contributed by atoms with Crippen molar-refractivity contribution in [3.8, 4) is 0 Å². The molecule has 146 valence electrons. The Morgan fingerprint density at radius 2 is 2.07 bits per heavy atom. The highest BCUT2D eigenvalue weighted by Gasteiger charge is 2.59. The number of carbonyl (C=O) groups is 3. The minimum atomic E-state index is -4.71. The summed E-state index contributed by atoms with van der Waals surface area (Å²) in [7, 11) is 0. The molecule has 2 aliphatic heterocycles. The predicted octanol–water partition coefficient (Wildman–Crippen LogP) is 2.28. The zero-order chi connectivity index (χ0) is 19.8. The summed E-state index contributed by atoms with van der Waals surface area (Å²) < 4.78 is 41.1. The van der Waals surface area contributed by atoms with E-state index in [1.807, 2.05) is 6.07 Å². The molecule has 1 aromatic carbocycles. The van der Waals surface area contributed by atoms with Crippen LogP contribution in [0, 0.1) is 5.41 Å². The molecule has 27 heavy (non-hydrogen) atoms. The molecule has 2 atom stereocenters. The van der Waals surface area contributed by atoms with Gasteiger partial charge in [0.25, 0.3) is 0 Å². The lowest BCUT2D eigenvalue weighted by atomic mass is 9.82. The van der Waals surface area contributed by atoms with Gasteiger partial charge in [-0.1, -0.05) is 15.9 Å². The second-order valence-electron chi connectivity index (χ2n) is 6.86. The summed E-state index contributed by atoms with van der Waals surface area (Å²) in [5.41, 5.74) is -0.965. The number of hydrogen-bond acceptors (Lipinski definition) is 3. The lowest BCUT2D eigenvalue weighted by Gasteiger charge is -2.29. The fourth-order valence-electron chi connectivity index (χ4n) is 3.36. The molecule has 6 nitrogen and oxygen atoms in total. The molecule has 0 saturated carbocycles. The molecule has 2 heterocycles. The Hall–Kier alpha value is -2.10. The first-order valence-electron chi connectivity index (χ1n) is 8.32. The average molecular weight is 448 g/mol. The average Bonchev–Trinajstić information content (AvgIpc) is 2.87. The van der Waals surface area contributed by atoms with Gasteiger partial charge in [-0.3, -0.25) is 14.4 Å². The topological polar surface area (TPSA) is 87.3 Å². The molecule has 1 saturated heterocycles. The summed E-state index contributed by atoms with van der Waals surface area (Å²) in [5, 5.41) is 7.22. The van der Waals surface area contributed by atoms with E-state index >= 15 is 0 Å². The zero-order valence-electron chi connectivity index (χ0n) is 14.1. The molecular weight excluding hydrogens is 431 g/mol. The molecule has 2 aliphatic rings. The van der Waals surface area contributed by atoms with Gasteiger partial charge in [-0.2, -0.15) is 13.2 Å². The van der Waals surface area contributed by atoms with Crippen molar-refractivity contribution < 1.29 is 27.6 Å². The van der Waals surface area contributed by atoms with Gasteiger partial charge in [0.1, 0.15) is 11.5 Å². The Bertz CT molecular complexity index is 799. The monoisotopic (exact) mass is 447 g/mol. The molecule has 2 unspecified atom stereocenters. The molecule has 3 N–H and O–H groups in total. The molecule has 1 fully saturated rings. The molecule has 10 heteroatoms. The van der Waals surface area contributed by atoms with Crippen LogP contribution < -0.4 is 16.0 Å². The van der Waals surface area contributed by atoms with Crippen LogP contribution in [-0.2, 0) is 20.8 Å². The largest absolute Gasteiger partial charge is 0.397 e. The van der Waals surface area contributed by atoms with E-state index in [9.17, 15) is 27.6 Å². The number of rotatable bonds is 3. The number of anilines is 1. The van der Waals surface area contributed by atoms with E-state index < -0.39 is 54.7 Å². The van der Waals surface area contributed by atoms with Crippen molar-refractivity contribution in [1.82, 2.24) is 10.6 Å². The number of halogens is 4. The molecule has 0 aromatic heterocycles. The second kappa shape index (κ2) is 7.14. The summed E-state index contributed by atoms with van der Waals surface area (Å²) in [6.45, 7) is -0.640. The van der Waals surface area contributed by atoms with Gasteiger partial charge in [0.2, 0.25) is 17.7 Å². The highest BCUT2D eigenvalue weighted by atomic mass is 79.9. The fourth-order valence-corrected chi connectivity index (χ4v) is 3.77. The SMILES string of the molecule is O=C1CC(CC(=O)NC2CCc3cc(Br)ccc3NC2=O)(C(F)(F)F)CN1. The van der Waals surface area contributed by atoms with Crippen molar-refractivity contribution in [2.75, 3.05) is 11.9 Å². The van der Waals surface area contributed by atoms with Gasteiger partial charge in [-0.25, -0.2) is 0 Å². The number of hydrogen-bond donors (Lipinski definition) is 3. The summed E-state index contributed by atoms with van der Waals surface area (Å²) in [6, 6.07) is 4.37. The van der Waals surface area contributed by atoms with Gasteiger partial charge < -0.3 is 16.0 Å². The Kier molecular flexibility index (Phi) is 5.20. The minimum Gasteiger partial charge on any atom is -0.355 e. The summed E-state index contributed by atoms with van der Waals surface area (Å²) in [5.74, 6) is -2.13. The van der Waals surface area contributed by atoms with E-state index in [1.54, 1.807) is 12.1 Å². The van der Waals surface area contributed by atoms with Crippen LogP contribution >= 0.6 is 15.9 Å². The van der Waals surface area contributed by atoms with Crippen LogP contribution in [0.3, 0.4) is 0 Å². The van der Waals surface area contributed by atoms with Crippen LogP contribution in [-0.4, -0.2) is 36.5 Å². The zero-order valence-corrected chi connectivity index (χ0v) is 15.7. The van der Waals surface area contributed by atoms with E-state index in [2.05, 4.69) is 31.9 Å². The first-order chi connectivity index (χ1) is 12.6. The number of carbonyl (C=O) groups excluding carboxylic acids is 3. The minimum absolute atomic E-state index is 0.261. The molecule has 0 spiro atoms. The Morgan fingerprint density at radius 3 is 2.70 bits per heavy atom. The van der Waals surface area contributed by atoms with Gasteiger partial charge >= 0.3 is 6.18 Å². The van der Waals surface area contributed by atoms with Crippen molar-refractivity contribution in [1.29, 1.82) is 0 Å². The lowest BCUT2D eigenvalue weighted by Crippen LogP contribution is -2.48. The molecule has 0 aliphatic carbocycles. The smallest absolute Gasteiger partial charge is 0.355 e. The Balaban J connectivity index is 1.69. The third-order valence-corrected chi connectivity index (χ3v) is 5.40. The van der Waals surface area contributed by atoms with Crippen LogP contribution in [0.1, 0.15) is 24.8 Å². The molecule has 3 rings (SSSR count). The first-order valence-corrected chi connectivity index (χ1v) is 9.11. The lowest BCUT2D eigenvalue weighted by molar-refractivity contribution is -0.219. The van der Waals surface area contributed by atoms with E-state index in [0.717, 1.165) is 10.0 Å². The quantitative estimate of drug-likeness (QED) is 0.664. The van der Waals surface area contributed by atoms with Crippen LogP contribution in [0.5, 0.6) is 0 Å².